The molecule has 31 heavy (non-hydrogen) atoms. The van der Waals surface area contributed by atoms with Crippen LogP contribution in [-0.4, -0.2) is 35.5 Å². The van der Waals surface area contributed by atoms with E-state index in [0.29, 0.717) is 18.5 Å². The van der Waals surface area contributed by atoms with Gasteiger partial charge in [-0.3, -0.25) is 0 Å². The highest BCUT2D eigenvalue weighted by Crippen LogP contribution is 2.38. The average Bonchev–Trinajstić information content (AvgIpc) is 2.62. The maximum atomic E-state index is 13.4. The fraction of sp³-hybridized carbons (Fsp3) is 0.333. The minimum atomic E-state index is -5.05. The van der Waals surface area contributed by atoms with Crippen LogP contribution in [0.5, 0.6) is 11.8 Å². The van der Waals surface area contributed by atoms with E-state index in [4.69, 9.17) is 0 Å². The van der Waals surface area contributed by atoms with Gasteiger partial charge in [0.25, 0.3) is 0 Å². The minimum absolute atomic E-state index is 0.204. The summed E-state index contributed by atoms with van der Waals surface area (Å²) in [5, 5.41) is 0. The molecule has 0 bridgehead atoms. The van der Waals surface area contributed by atoms with Gasteiger partial charge in [-0.1, -0.05) is 0 Å². The largest absolute Gasteiger partial charge is 0.467 e. The van der Waals surface area contributed by atoms with Gasteiger partial charge in [-0.15, -0.1) is 0 Å². The lowest BCUT2D eigenvalue weighted by molar-refractivity contribution is -0.155. The molecule has 0 aliphatic heterocycles. The SMILES string of the molecule is Fc1ccc(NSc2c(OCC(F)(F)F)ncnc2OCC(F)(F)F)cc1C(F)(F)F. The molecule has 0 aliphatic carbocycles. The highest BCUT2D eigenvalue weighted by atomic mass is 32.2. The van der Waals surface area contributed by atoms with E-state index in [2.05, 4.69) is 24.2 Å². The Morgan fingerprint density at radius 1 is 0.839 bits per heavy atom. The number of nitrogens with one attached hydrogen (secondary N) is 1. The van der Waals surface area contributed by atoms with Crippen LogP contribution < -0.4 is 14.2 Å². The van der Waals surface area contributed by atoms with Gasteiger partial charge in [-0.25, -0.2) is 14.4 Å². The predicted molar refractivity (Wildman–Crippen MR) is 86.0 cm³/mol. The third-order valence-corrected chi connectivity index (χ3v) is 3.92. The van der Waals surface area contributed by atoms with E-state index in [-0.39, 0.29) is 17.6 Å². The molecule has 1 aromatic carbocycles. The molecule has 1 aromatic heterocycles. The van der Waals surface area contributed by atoms with Gasteiger partial charge in [0, 0.05) is 5.69 Å². The van der Waals surface area contributed by atoms with Crippen LogP contribution in [0.1, 0.15) is 5.56 Å². The van der Waals surface area contributed by atoms with Crippen LogP contribution in [0.3, 0.4) is 0 Å². The number of aromatic nitrogens is 2. The molecular weight excluding hydrogens is 476 g/mol. The second kappa shape index (κ2) is 9.23. The van der Waals surface area contributed by atoms with Crippen LogP contribution in [0.15, 0.2) is 29.4 Å². The summed E-state index contributed by atoms with van der Waals surface area (Å²) in [4.78, 5) is 6.13. The third kappa shape index (κ3) is 7.84. The number of halogens is 10. The van der Waals surface area contributed by atoms with Crippen molar-refractivity contribution < 1.29 is 53.4 Å². The zero-order valence-electron chi connectivity index (χ0n) is 14.6. The lowest BCUT2D eigenvalue weighted by Gasteiger charge is -2.16. The van der Waals surface area contributed by atoms with E-state index in [1.165, 1.54) is 0 Å². The minimum Gasteiger partial charge on any atom is -0.467 e. The highest BCUT2D eigenvalue weighted by molar-refractivity contribution is 8.00. The Morgan fingerprint density at radius 2 is 1.35 bits per heavy atom. The Kier molecular flexibility index (Phi) is 7.33. The molecular formula is C15H9F10N3O2S. The van der Waals surface area contributed by atoms with Crippen molar-refractivity contribution in [2.45, 2.75) is 23.4 Å². The number of rotatable bonds is 7. The van der Waals surface area contributed by atoms with E-state index in [1.807, 2.05) is 0 Å². The average molecular weight is 485 g/mol. The second-order valence-electron chi connectivity index (χ2n) is 5.52. The van der Waals surface area contributed by atoms with E-state index >= 15 is 0 Å². The molecule has 0 radical (unpaired) electrons. The van der Waals surface area contributed by atoms with Crippen molar-refractivity contribution in [2.24, 2.45) is 0 Å². The number of hydrogen-bond acceptors (Lipinski definition) is 6. The monoisotopic (exact) mass is 485 g/mol. The molecule has 0 saturated carbocycles. The second-order valence-corrected chi connectivity index (χ2v) is 6.33. The highest BCUT2D eigenvalue weighted by Gasteiger charge is 2.35. The lowest BCUT2D eigenvalue weighted by Crippen LogP contribution is -2.21. The molecule has 0 atom stereocenters. The first-order valence-corrected chi connectivity index (χ1v) is 8.51. The Balaban J connectivity index is 2.31. The van der Waals surface area contributed by atoms with Crippen molar-refractivity contribution >= 4 is 17.6 Å². The summed E-state index contributed by atoms with van der Waals surface area (Å²) < 4.78 is 137. The van der Waals surface area contributed by atoms with Gasteiger partial charge >= 0.3 is 18.5 Å². The zero-order valence-corrected chi connectivity index (χ0v) is 15.4. The number of anilines is 1. The molecule has 16 heteroatoms. The number of nitrogens with zero attached hydrogens (tertiary/aromatic N) is 2. The van der Waals surface area contributed by atoms with Crippen molar-refractivity contribution in [1.82, 2.24) is 9.97 Å². The summed E-state index contributed by atoms with van der Waals surface area (Å²) in [5.41, 5.74) is -2.03. The van der Waals surface area contributed by atoms with Crippen molar-refractivity contribution in [3.63, 3.8) is 0 Å². The first-order valence-electron chi connectivity index (χ1n) is 7.69. The van der Waals surface area contributed by atoms with E-state index < -0.39 is 59.8 Å². The molecule has 0 fully saturated rings. The van der Waals surface area contributed by atoms with E-state index in [0.717, 1.165) is 6.07 Å². The van der Waals surface area contributed by atoms with Gasteiger partial charge in [0.15, 0.2) is 18.1 Å². The molecule has 2 aromatic rings. The molecule has 0 saturated heterocycles. The normalized spacial score (nSPS) is 12.6. The van der Waals surface area contributed by atoms with Crippen molar-refractivity contribution in [2.75, 3.05) is 17.9 Å². The lowest BCUT2D eigenvalue weighted by atomic mass is 10.2. The molecule has 0 aliphatic rings. The maximum Gasteiger partial charge on any atom is 0.422 e. The van der Waals surface area contributed by atoms with E-state index in [9.17, 15) is 43.9 Å². The number of ether oxygens (including phenoxy) is 2. The molecule has 1 heterocycles. The Labute approximate surface area is 170 Å². The predicted octanol–water partition coefficient (Wildman–Crippen LogP) is 5.64. The van der Waals surface area contributed by atoms with Crippen molar-refractivity contribution in [3.05, 3.63) is 35.9 Å². The number of hydrogen-bond donors (Lipinski definition) is 1. The maximum absolute atomic E-state index is 13.4. The van der Waals surface area contributed by atoms with E-state index in [1.54, 1.807) is 0 Å². The van der Waals surface area contributed by atoms with Crippen LogP contribution in [0.4, 0.5) is 49.6 Å². The van der Waals surface area contributed by atoms with Crippen LogP contribution in [0.2, 0.25) is 0 Å². The summed E-state index contributed by atoms with van der Waals surface area (Å²) in [6.07, 6.45) is -14.1. The van der Waals surface area contributed by atoms with Gasteiger partial charge in [-0.2, -0.15) is 39.5 Å². The van der Waals surface area contributed by atoms with Gasteiger partial charge in [0.1, 0.15) is 12.1 Å². The molecule has 1 N–H and O–H groups in total. The van der Waals surface area contributed by atoms with Crippen LogP contribution >= 0.6 is 11.9 Å². The molecule has 172 valence electrons. The quantitative estimate of drug-likeness (QED) is 0.405. The first kappa shape index (κ1) is 24.6. The molecule has 0 unspecified atom stereocenters. The molecule has 0 spiro atoms. The van der Waals surface area contributed by atoms with Crippen molar-refractivity contribution in [3.8, 4) is 11.8 Å². The van der Waals surface area contributed by atoms with Gasteiger partial charge < -0.3 is 14.2 Å². The third-order valence-electron chi connectivity index (χ3n) is 3.03. The Hall–Kier alpha value is -2.65. The summed E-state index contributed by atoms with van der Waals surface area (Å²) in [7, 11) is 0. The molecule has 0 amide bonds. The zero-order chi connectivity index (χ0) is 23.4. The van der Waals surface area contributed by atoms with Crippen LogP contribution in [0.25, 0.3) is 0 Å². The number of benzene rings is 1. The van der Waals surface area contributed by atoms with Gasteiger partial charge in [0.2, 0.25) is 11.8 Å². The molecule has 2 rings (SSSR count). The van der Waals surface area contributed by atoms with Crippen LogP contribution in [-0.2, 0) is 6.18 Å². The Morgan fingerprint density at radius 3 is 1.81 bits per heavy atom. The van der Waals surface area contributed by atoms with Crippen molar-refractivity contribution in [1.29, 1.82) is 0 Å². The first-order chi connectivity index (χ1) is 14.2. The Bertz CT molecular complexity index is 866. The van der Waals surface area contributed by atoms with Gasteiger partial charge in [0.05, 0.1) is 5.56 Å². The summed E-state index contributed by atoms with van der Waals surface area (Å²) in [6, 6.07) is 1.67. The smallest absolute Gasteiger partial charge is 0.422 e. The summed E-state index contributed by atoms with van der Waals surface area (Å²) in [6.45, 7) is -3.74. The standard InChI is InChI=1S/C15H9F10N3O2S/c16-9-2-1-7(3-8(9)15(23,24)25)28-31-10-11(29-4-13(17,18)19)26-6-27-12(10)30-5-14(20,21)22/h1-3,6,28H,4-5H2. The fourth-order valence-corrected chi connectivity index (χ4v) is 2.60. The van der Waals surface area contributed by atoms with Crippen LogP contribution in [0, 0.1) is 5.82 Å². The topological polar surface area (TPSA) is 56.3 Å². The molecule has 5 nitrogen and oxygen atoms in total. The number of alkyl halides is 9. The fourth-order valence-electron chi connectivity index (χ4n) is 1.85. The summed E-state index contributed by atoms with van der Waals surface area (Å²) in [5.74, 6) is -3.28. The van der Waals surface area contributed by atoms with Gasteiger partial charge in [-0.05, 0) is 30.1 Å². The summed E-state index contributed by atoms with van der Waals surface area (Å²) >= 11 is 0.204.